The Morgan fingerprint density at radius 2 is 1.85 bits per heavy atom. The zero-order valence-corrected chi connectivity index (χ0v) is 23.0. The van der Waals surface area contributed by atoms with Crippen molar-refractivity contribution in [3.05, 3.63) is 64.6 Å². The molecule has 10 nitrogen and oxygen atoms in total. The first kappa shape index (κ1) is 30.4. The fourth-order valence-corrected chi connectivity index (χ4v) is 4.87. The Morgan fingerprint density at radius 1 is 1.13 bits per heavy atom. The van der Waals surface area contributed by atoms with Gasteiger partial charge in [0.2, 0.25) is 5.91 Å². The highest BCUT2D eigenvalue weighted by molar-refractivity contribution is 5.93. The van der Waals surface area contributed by atoms with Gasteiger partial charge in [-0.2, -0.15) is 0 Å². The first-order valence-electron chi connectivity index (χ1n) is 13.6. The molecule has 3 rings (SSSR count). The van der Waals surface area contributed by atoms with Crippen molar-refractivity contribution in [2.45, 2.75) is 58.3 Å². The second kappa shape index (κ2) is 14.3. The molecule has 0 spiro atoms. The summed E-state index contributed by atoms with van der Waals surface area (Å²) in [5.41, 5.74) is 7.13. The standard InChI is InChI=1S/C29H41N5O5/c1-19(2)28(38)24(11-12-30)32-29(39)23(20(3)35)15-26(36)25-16-31-13-14-33(25)17-21-9-10-27(37)34(18-21)22-7-5-4-6-8-22/h4-10,18-20,23-25,31,35H,11-17,30H2,1-3H3,(H,32,39)/t20-,23-,24-,25-/m0/s1. The van der Waals surface area contributed by atoms with Crippen molar-refractivity contribution in [2.75, 3.05) is 26.2 Å². The van der Waals surface area contributed by atoms with Gasteiger partial charge >= 0.3 is 0 Å². The second-order valence-electron chi connectivity index (χ2n) is 10.5. The van der Waals surface area contributed by atoms with Crippen molar-refractivity contribution in [3.8, 4) is 5.69 Å². The van der Waals surface area contributed by atoms with Crippen LogP contribution in [-0.2, 0) is 20.9 Å². The Hall–Kier alpha value is -3.18. The Bertz CT molecular complexity index is 1180. The molecule has 0 bridgehead atoms. The van der Waals surface area contributed by atoms with Gasteiger partial charge < -0.3 is 21.5 Å². The number of hydrogen-bond donors (Lipinski definition) is 4. The van der Waals surface area contributed by atoms with Gasteiger partial charge in [-0.15, -0.1) is 0 Å². The molecule has 1 saturated heterocycles. The number of rotatable bonds is 13. The lowest BCUT2D eigenvalue weighted by molar-refractivity contribution is -0.137. The summed E-state index contributed by atoms with van der Waals surface area (Å²) in [5.74, 6) is -2.13. The van der Waals surface area contributed by atoms with Crippen molar-refractivity contribution < 1.29 is 19.5 Å². The highest BCUT2D eigenvalue weighted by Gasteiger charge is 2.35. The number of ketones is 2. The summed E-state index contributed by atoms with van der Waals surface area (Å²) in [7, 11) is 0. The van der Waals surface area contributed by atoms with Crippen LogP contribution in [0.4, 0.5) is 0 Å². The SMILES string of the molecule is CC(C)C(=O)[C@H](CCN)NC(=O)[C@@H](CC(=O)[C@@H]1CNCCN1Cc1ccc(=O)n(-c2ccccc2)c1)[C@H](C)O. The van der Waals surface area contributed by atoms with E-state index in [-0.39, 0.29) is 42.4 Å². The topological polar surface area (TPSA) is 147 Å². The fraction of sp³-hybridized carbons (Fsp3) is 0.517. The molecule has 0 unspecified atom stereocenters. The largest absolute Gasteiger partial charge is 0.393 e. The minimum atomic E-state index is -1.08. The maximum atomic E-state index is 13.5. The van der Waals surface area contributed by atoms with E-state index < -0.39 is 30.0 Å². The molecule has 10 heteroatoms. The predicted octanol–water partition coefficient (Wildman–Crippen LogP) is 0.626. The Balaban J connectivity index is 1.74. The van der Waals surface area contributed by atoms with E-state index in [1.54, 1.807) is 30.7 Å². The van der Waals surface area contributed by atoms with Crippen LogP contribution in [0.1, 0.15) is 39.2 Å². The number of benzene rings is 1. The van der Waals surface area contributed by atoms with Crippen LogP contribution < -0.4 is 21.9 Å². The van der Waals surface area contributed by atoms with Crippen molar-refractivity contribution in [2.24, 2.45) is 17.6 Å². The molecule has 1 aromatic heterocycles. The molecule has 2 aromatic rings. The number of amides is 1. The van der Waals surface area contributed by atoms with Crippen molar-refractivity contribution in [1.82, 2.24) is 20.1 Å². The summed E-state index contributed by atoms with van der Waals surface area (Å²) >= 11 is 0. The van der Waals surface area contributed by atoms with E-state index in [0.29, 0.717) is 26.2 Å². The number of aliphatic hydroxyl groups is 1. The van der Waals surface area contributed by atoms with E-state index in [0.717, 1.165) is 11.3 Å². The summed E-state index contributed by atoms with van der Waals surface area (Å²) in [6, 6.07) is 11.3. The summed E-state index contributed by atoms with van der Waals surface area (Å²) < 4.78 is 1.58. The summed E-state index contributed by atoms with van der Waals surface area (Å²) in [6.07, 6.45) is 0.827. The van der Waals surface area contributed by atoms with Crippen molar-refractivity contribution in [1.29, 1.82) is 0 Å². The monoisotopic (exact) mass is 539 g/mol. The highest BCUT2D eigenvalue weighted by atomic mass is 16.3. The van der Waals surface area contributed by atoms with Crippen LogP contribution in [0.25, 0.3) is 5.69 Å². The summed E-state index contributed by atoms with van der Waals surface area (Å²) in [4.78, 5) is 53.7. The smallest absolute Gasteiger partial charge is 0.255 e. The molecule has 0 saturated carbocycles. The third-order valence-corrected chi connectivity index (χ3v) is 7.14. The number of nitrogens with two attached hydrogens (primary N) is 1. The van der Waals surface area contributed by atoms with E-state index in [1.165, 1.54) is 13.0 Å². The van der Waals surface area contributed by atoms with Gasteiger partial charge in [0.05, 0.1) is 24.1 Å². The van der Waals surface area contributed by atoms with Crippen molar-refractivity contribution >= 4 is 17.5 Å². The minimum Gasteiger partial charge on any atom is -0.393 e. The number of aromatic nitrogens is 1. The van der Waals surface area contributed by atoms with Crippen LogP contribution in [0.15, 0.2) is 53.5 Å². The number of Topliss-reactive ketones (excluding diaryl/α,β-unsaturated/α-hetero) is 2. The maximum absolute atomic E-state index is 13.5. The molecule has 1 aromatic carbocycles. The first-order valence-corrected chi connectivity index (χ1v) is 13.6. The molecular weight excluding hydrogens is 498 g/mol. The van der Waals surface area contributed by atoms with Crippen molar-refractivity contribution in [3.63, 3.8) is 0 Å². The number of aliphatic hydroxyl groups excluding tert-OH is 1. The molecule has 1 amide bonds. The average molecular weight is 540 g/mol. The molecular formula is C29H41N5O5. The molecule has 212 valence electrons. The molecule has 2 heterocycles. The van der Waals surface area contributed by atoms with E-state index >= 15 is 0 Å². The zero-order valence-electron chi connectivity index (χ0n) is 23.0. The summed E-state index contributed by atoms with van der Waals surface area (Å²) in [5, 5.41) is 16.4. The molecule has 0 aliphatic carbocycles. The van der Waals surface area contributed by atoms with Crippen LogP contribution in [0.3, 0.4) is 0 Å². The van der Waals surface area contributed by atoms with E-state index in [9.17, 15) is 24.3 Å². The number of nitrogens with zero attached hydrogens (tertiary/aromatic N) is 2. The van der Waals surface area contributed by atoms with E-state index in [2.05, 4.69) is 10.6 Å². The third kappa shape index (κ3) is 8.15. The van der Waals surface area contributed by atoms with E-state index in [1.807, 2.05) is 35.2 Å². The van der Waals surface area contributed by atoms with Gasteiger partial charge in [0.15, 0.2) is 11.6 Å². The molecule has 1 aliphatic rings. The lowest BCUT2D eigenvalue weighted by Gasteiger charge is -2.36. The summed E-state index contributed by atoms with van der Waals surface area (Å²) in [6.45, 7) is 7.36. The average Bonchev–Trinajstić information content (AvgIpc) is 2.92. The van der Waals surface area contributed by atoms with Crippen LogP contribution in [-0.4, -0.2) is 76.4 Å². The highest BCUT2D eigenvalue weighted by Crippen LogP contribution is 2.18. The number of pyridine rings is 1. The number of piperazine rings is 1. The molecule has 1 aliphatic heterocycles. The lowest BCUT2D eigenvalue weighted by atomic mass is 9.91. The third-order valence-electron chi connectivity index (χ3n) is 7.14. The maximum Gasteiger partial charge on any atom is 0.255 e. The lowest BCUT2D eigenvalue weighted by Crippen LogP contribution is -2.55. The van der Waals surface area contributed by atoms with Gasteiger partial charge in [-0.1, -0.05) is 38.1 Å². The molecule has 0 radical (unpaired) electrons. The van der Waals surface area contributed by atoms with Gasteiger partial charge in [0.1, 0.15) is 0 Å². The Morgan fingerprint density at radius 3 is 2.49 bits per heavy atom. The molecule has 5 N–H and O–H groups in total. The van der Waals surface area contributed by atoms with E-state index in [4.69, 9.17) is 5.73 Å². The number of para-hydroxylation sites is 1. The normalized spacial score (nSPS) is 18.4. The number of carbonyl (C=O) groups is 3. The number of nitrogens with one attached hydrogen (secondary N) is 2. The molecule has 4 atom stereocenters. The van der Waals surface area contributed by atoms with Gasteiger partial charge in [-0.05, 0) is 37.6 Å². The van der Waals surface area contributed by atoms with Gasteiger partial charge in [0.25, 0.3) is 5.56 Å². The fourth-order valence-electron chi connectivity index (χ4n) is 4.87. The Labute approximate surface area is 229 Å². The van der Waals surface area contributed by atoms with Crippen LogP contribution in [0.2, 0.25) is 0 Å². The Kier molecular flexibility index (Phi) is 11.1. The molecule has 39 heavy (non-hydrogen) atoms. The van der Waals surface area contributed by atoms with Gasteiger partial charge in [-0.3, -0.25) is 28.6 Å². The quantitative estimate of drug-likeness (QED) is 0.290. The second-order valence-corrected chi connectivity index (χ2v) is 10.5. The zero-order chi connectivity index (χ0) is 28.5. The molecule has 1 fully saturated rings. The first-order chi connectivity index (χ1) is 18.6. The minimum absolute atomic E-state index is 0.135. The number of carbonyl (C=O) groups excluding carboxylic acids is 3. The van der Waals surface area contributed by atoms with Gasteiger partial charge in [0, 0.05) is 56.5 Å². The predicted molar refractivity (Wildman–Crippen MR) is 149 cm³/mol. The number of hydrogen-bond acceptors (Lipinski definition) is 8. The van der Waals surface area contributed by atoms with Crippen LogP contribution >= 0.6 is 0 Å². The van der Waals surface area contributed by atoms with Crippen LogP contribution in [0.5, 0.6) is 0 Å². The van der Waals surface area contributed by atoms with Gasteiger partial charge in [-0.25, -0.2) is 0 Å². The van der Waals surface area contributed by atoms with Crippen LogP contribution in [0, 0.1) is 11.8 Å².